The molecule has 2 aromatic rings. The first-order valence-electron chi connectivity index (χ1n) is 10.8. The number of para-hydroxylation sites is 1. The second-order valence-electron chi connectivity index (χ2n) is 8.07. The number of ether oxygens (including phenoxy) is 1. The number of nitrogens with zero attached hydrogens (tertiary/aromatic N) is 5. The molecule has 2 aliphatic rings. The summed E-state index contributed by atoms with van der Waals surface area (Å²) in [6.07, 6.45) is 1.61. The van der Waals surface area contributed by atoms with Gasteiger partial charge in [0, 0.05) is 57.7 Å². The lowest BCUT2D eigenvalue weighted by molar-refractivity contribution is -0.141. The van der Waals surface area contributed by atoms with Crippen molar-refractivity contribution in [3.8, 4) is 17.0 Å². The zero-order valence-electron chi connectivity index (χ0n) is 18.2. The van der Waals surface area contributed by atoms with Crippen molar-refractivity contribution < 1.29 is 14.3 Å². The predicted octanol–water partition coefficient (Wildman–Crippen LogP) is 2.06. The molecule has 0 bridgehead atoms. The summed E-state index contributed by atoms with van der Waals surface area (Å²) < 4.78 is 5.41. The molecule has 2 amide bonds. The molecule has 1 aromatic carbocycles. The summed E-state index contributed by atoms with van der Waals surface area (Å²) in [5.74, 6) is 1.95. The van der Waals surface area contributed by atoms with E-state index in [1.807, 2.05) is 41.3 Å². The van der Waals surface area contributed by atoms with Gasteiger partial charge in [0.1, 0.15) is 5.75 Å². The Bertz CT molecular complexity index is 917. The van der Waals surface area contributed by atoms with Crippen molar-refractivity contribution in [3.63, 3.8) is 0 Å². The minimum Gasteiger partial charge on any atom is -0.496 e. The van der Waals surface area contributed by atoms with Gasteiger partial charge in [0.05, 0.1) is 12.8 Å². The number of piperidine rings is 1. The standard InChI is InChI=1S/C23H29N5O3/c1-17(29)26-13-15-28(16-14-26)23(30)18-9-11-27(12-10-18)22-8-7-20(24-25-22)19-5-3-4-6-21(19)31-2/h3-8,18H,9-16H2,1-2H3. The van der Waals surface area contributed by atoms with E-state index in [-0.39, 0.29) is 17.7 Å². The fraction of sp³-hybridized carbons (Fsp3) is 0.478. The molecule has 0 saturated carbocycles. The predicted molar refractivity (Wildman–Crippen MR) is 118 cm³/mol. The van der Waals surface area contributed by atoms with Gasteiger partial charge in [-0.2, -0.15) is 0 Å². The van der Waals surface area contributed by atoms with E-state index in [0.29, 0.717) is 26.2 Å². The molecule has 0 unspecified atom stereocenters. The smallest absolute Gasteiger partial charge is 0.225 e. The largest absolute Gasteiger partial charge is 0.496 e. The van der Waals surface area contributed by atoms with Gasteiger partial charge >= 0.3 is 0 Å². The highest BCUT2D eigenvalue weighted by Gasteiger charge is 2.31. The van der Waals surface area contributed by atoms with E-state index in [4.69, 9.17) is 4.74 Å². The quantitative estimate of drug-likeness (QED) is 0.749. The van der Waals surface area contributed by atoms with E-state index in [1.165, 1.54) is 0 Å². The van der Waals surface area contributed by atoms with Crippen LogP contribution in [0.25, 0.3) is 11.3 Å². The maximum Gasteiger partial charge on any atom is 0.225 e. The SMILES string of the molecule is COc1ccccc1-c1ccc(N2CCC(C(=O)N3CCN(C(C)=O)CC3)CC2)nn1. The first-order chi connectivity index (χ1) is 15.1. The van der Waals surface area contributed by atoms with Gasteiger partial charge in [0.2, 0.25) is 11.8 Å². The molecule has 3 heterocycles. The van der Waals surface area contributed by atoms with Crippen molar-refractivity contribution >= 4 is 17.6 Å². The Balaban J connectivity index is 1.33. The van der Waals surface area contributed by atoms with E-state index in [2.05, 4.69) is 15.1 Å². The molecule has 164 valence electrons. The molecule has 0 aliphatic carbocycles. The topological polar surface area (TPSA) is 78.9 Å². The van der Waals surface area contributed by atoms with E-state index in [1.54, 1.807) is 18.9 Å². The van der Waals surface area contributed by atoms with Crippen LogP contribution in [0.5, 0.6) is 5.75 Å². The van der Waals surface area contributed by atoms with Crippen LogP contribution in [0.3, 0.4) is 0 Å². The first kappa shape index (κ1) is 21.1. The number of carbonyl (C=O) groups excluding carboxylic acids is 2. The lowest BCUT2D eigenvalue weighted by Gasteiger charge is -2.38. The number of piperazine rings is 1. The third kappa shape index (κ3) is 4.62. The summed E-state index contributed by atoms with van der Waals surface area (Å²) >= 11 is 0. The van der Waals surface area contributed by atoms with Crippen LogP contribution >= 0.6 is 0 Å². The van der Waals surface area contributed by atoms with Crippen LogP contribution in [-0.4, -0.2) is 78.2 Å². The van der Waals surface area contributed by atoms with Gasteiger partial charge in [-0.1, -0.05) is 12.1 Å². The molecule has 0 radical (unpaired) electrons. The van der Waals surface area contributed by atoms with Gasteiger partial charge in [-0.3, -0.25) is 9.59 Å². The van der Waals surface area contributed by atoms with Crippen LogP contribution in [0, 0.1) is 5.92 Å². The molecule has 0 N–H and O–H groups in total. The molecular weight excluding hydrogens is 394 g/mol. The highest BCUT2D eigenvalue weighted by atomic mass is 16.5. The van der Waals surface area contributed by atoms with Crippen molar-refractivity contribution in [1.29, 1.82) is 0 Å². The second-order valence-corrected chi connectivity index (χ2v) is 8.07. The third-order valence-electron chi connectivity index (χ3n) is 6.24. The van der Waals surface area contributed by atoms with Crippen molar-refractivity contribution in [2.45, 2.75) is 19.8 Å². The van der Waals surface area contributed by atoms with E-state index in [0.717, 1.165) is 48.8 Å². The van der Waals surface area contributed by atoms with Gasteiger partial charge in [-0.15, -0.1) is 10.2 Å². The summed E-state index contributed by atoms with van der Waals surface area (Å²) in [6.45, 7) is 5.68. The lowest BCUT2D eigenvalue weighted by atomic mass is 9.95. The zero-order valence-corrected chi connectivity index (χ0v) is 18.2. The molecule has 0 spiro atoms. The number of rotatable bonds is 4. The Kier molecular flexibility index (Phi) is 6.34. The van der Waals surface area contributed by atoms with Crippen molar-refractivity contribution in [3.05, 3.63) is 36.4 Å². The van der Waals surface area contributed by atoms with Gasteiger partial charge in [-0.05, 0) is 37.1 Å². The van der Waals surface area contributed by atoms with Crippen LogP contribution in [0.15, 0.2) is 36.4 Å². The van der Waals surface area contributed by atoms with Crippen LogP contribution < -0.4 is 9.64 Å². The molecule has 1 aromatic heterocycles. The summed E-state index contributed by atoms with van der Waals surface area (Å²) in [5, 5.41) is 8.83. The fourth-order valence-corrected chi connectivity index (χ4v) is 4.35. The van der Waals surface area contributed by atoms with Gasteiger partial charge < -0.3 is 19.4 Å². The summed E-state index contributed by atoms with van der Waals surface area (Å²) in [6, 6.07) is 11.7. The summed E-state index contributed by atoms with van der Waals surface area (Å²) in [5.41, 5.74) is 1.69. The average molecular weight is 424 g/mol. The molecule has 2 fully saturated rings. The normalized spacial score (nSPS) is 17.5. The number of benzene rings is 1. The number of aromatic nitrogens is 2. The minimum atomic E-state index is 0.0425. The number of methoxy groups -OCH3 is 1. The van der Waals surface area contributed by atoms with Crippen molar-refractivity contribution in [2.24, 2.45) is 5.92 Å². The van der Waals surface area contributed by atoms with Gasteiger partial charge in [-0.25, -0.2) is 0 Å². The molecule has 8 nitrogen and oxygen atoms in total. The molecular formula is C23H29N5O3. The zero-order chi connectivity index (χ0) is 21.8. The second kappa shape index (κ2) is 9.32. The number of hydrogen-bond donors (Lipinski definition) is 0. The van der Waals surface area contributed by atoms with Crippen LogP contribution in [0.2, 0.25) is 0 Å². The van der Waals surface area contributed by atoms with Gasteiger partial charge in [0.15, 0.2) is 5.82 Å². The number of carbonyl (C=O) groups is 2. The van der Waals surface area contributed by atoms with Crippen LogP contribution in [0.1, 0.15) is 19.8 Å². The Morgan fingerprint density at radius 3 is 2.19 bits per heavy atom. The first-order valence-corrected chi connectivity index (χ1v) is 10.8. The Morgan fingerprint density at radius 2 is 1.58 bits per heavy atom. The van der Waals surface area contributed by atoms with Crippen LogP contribution in [-0.2, 0) is 9.59 Å². The average Bonchev–Trinajstić information content (AvgIpc) is 2.84. The van der Waals surface area contributed by atoms with E-state index >= 15 is 0 Å². The molecule has 31 heavy (non-hydrogen) atoms. The van der Waals surface area contributed by atoms with Crippen molar-refractivity contribution in [2.75, 3.05) is 51.3 Å². The monoisotopic (exact) mass is 423 g/mol. The van der Waals surface area contributed by atoms with E-state index in [9.17, 15) is 9.59 Å². The highest BCUT2D eigenvalue weighted by molar-refractivity contribution is 5.80. The Labute approximate surface area is 182 Å². The number of amides is 2. The minimum absolute atomic E-state index is 0.0425. The number of hydrogen-bond acceptors (Lipinski definition) is 6. The summed E-state index contributed by atoms with van der Waals surface area (Å²) in [4.78, 5) is 30.3. The van der Waals surface area contributed by atoms with Crippen LogP contribution in [0.4, 0.5) is 5.82 Å². The maximum atomic E-state index is 12.9. The third-order valence-corrected chi connectivity index (χ3v) is 6.24. The molecule has 0 atom stereocenters. The highest BCUT2D eigenvalue weighted by Crippen LogP contribution is 2.29. The molecule has 2 saturated heterocycles. The fourth-order valence-electron chi connectivity index (χ4n) is 4.35. The molecule has 8 heteroatoms. The molecule has 2 aliphatic heterocycles. The maximum absolute atomic E-state index is 12.9. The summed E-state index contributed by atoms with van der Waals surface area (Å²) in [7, 11) is 1.65. The Hall–Kier alpha value is -3.16. The Morgan fingerprint density at radius 1 is 0.903 bits per heavy atom. The van der Waals surface area contributed by atoms with Gasteiger partial charge in [0.25, 0.3) is 0 Å². The number of anilines is 1. The van der Waals surface area contributed by atoms with Crippen molar-refractivity contribution in [1.82, 2.24) is 20.0 Å². The van der Waals surface area contributed by atoms with E-state index < -0.39 is 0 Å². The molecule has 4 rings (SSSR count). The lowest BCUT2D eigenvalue weighted by Crippen LogP contribution is -2.52.